The van der Waals surface area contributed by atoms with Crippen LogP contribution in [-0.4, -0.2) is 20.9 Å². The van der Waals surface area contributed by atoms with Crippen molar-refractivity contribution >= 4 is 23.2 Å². The van der Waals surface area contributed by atoms with E-state index in [1.807, 2.05) is 6.92 Å². The fourth-order valence-electron chi connectivity index (χ4n) is 2.32. The van der Waals surface area contributed by atoms with Crippen LogP contribution in [0.1, 0.15) is 21.7 Å². The van der Waals surface area contributed by atoms with Gasteiger partial charge in [0.25, 0.3) is 5.91 Å². The van der Waals surface area contributed by atoms with Crippen molar-refractivity contribution in [1.82, 2.24) is 15.0 Å². The van der Waals surface area contributed by atoms with Gasteiger partial charge in [-0.1, -0.05) is 28.9 Å². The van der Waals surface area contributed by atoms with Crippen molar-refractivity contribution in [1.29, 1.82) is 0 Å². The monoisotopic (exact) mass is 344 g/mol. The van der Waals surface area contributed by atoms with Crippen molar-refractivity contribution in [2.45, 2.75) is 13.8 Å². The molecule has 0 saturated carbocycles. The van der Waals surface area contributed by atoms with Gasteiger partial charge in [0.05, 0.1) is 11.4 Å². The second kappa shape index (κ2) is 6.41. The number of nitrogens with zero attached hydrogens (tertiary/aromatic N) is 3. The van der Waals surface area contributed by atoms with Gasteiger partial charge in [-0.25, -0.2) is 9.07 Å². The lowest BCUT2D eigenvalue weighted by atomic mass is 10.2. The standard InChI is InChI=1S/C17H14ClFN4O/c1-10-14(18)7-4-8-15(10)20-17(24)16-11(2)23(22-21-16)13-6-3-5-12(19)9-13/h3-9H,1-2H3,(H,20,24). The third kappa shape index (κ3) is 3.00. The summed E-state index contributed by atoms with van der Waals surface area (Å²) in [4.78, 5) is 12.5. The van der Waals surface area contributed by atoms with Gasteiger partial charge >= 0.3 is 0 Å². The summed E-state index contributed by atoms with van der Waals surface area (Å²) in [7, 11) is 0. The molecule has 3 aromatic rings. The summed E-state index contributed by atoms with van der Waals surface area (Å²) in [5, 5.41) is 11.2. The smallest absolute Gasteiger partial charge is 0.278 e. The Balaban J connectivity index is 1.90. The number of carbonyl (C=O) groups excluding carboxylic acids is 1. The summed E-state index contributed by atoms with van der Waals surface area (Å²) in [5.74, 6) is -0.788. The van der Waals surface area contributed by atoms with E-state index in [2.05, 4.69) is 15.6 Å². The Morgan fingerprint density at radius 2 is 1.96 bits per heavy atom. The molecule has 0 spiro atoms. The molecule has 1 heterocycles. The van der Waals surface area contributed by atoms with Gasteiger partial charge < -0.3 is 5.32 Å². The zero-order valence-corrected chi connectivity index (χ0v) is 13.8. The van der Waals surface area contributed by atoms with Crippen LogP contribution in [0.3, 0.4) is 0 Å². The van der Waals surface area contributed by atoms with E-state index in [9.17, 15) is 9.18 Å². The molecule has 0 unspecified atom stereocenters. The molecule has 3 rings (SSSR count). The lowest BCUT2D eigenvalue weighted by Gasteiger charge is -2.08. The van der Waals surface area contributed by atoms with E-state index < -0.39 is 5.91 Å². The van der Waals surface area contributed by atoms with Gasteiger partial charge in [0.2, 0.25) is 0 Å². The van der Waals surface area contributed by atoms with Crippen molar-refractivity contribution in [2.24, 2.45) is 0 Å². The summed E-state index contributed by atoms with van der Waals surface area (Å²) in [6, 6.07) is 11.2. The molecule has 0 aliphatic carbocycles. The fourth-order valence-corrected chi connectivity index (χ4v) is 2.49. The van der Waals surface area contributed by atoms with Gasteiger partial charge in [0.1, 0.15) is 5.82 Å². The van der Waals surface area contributed by atoms with Gasteiger partial charge in [-0.15, -0.1) is 5.10 Å². The average Bonchev–Trinajstić information content (AvgIpc) is 2.93. The summed E-state index contributed by atoms with van der Waals surface area (Å²) < 4.78 is 14.8. The van der Waals surface area contributed by atoms with Crippen LogP contribution in [-0.2, 0) is 0 Å². The van der Waals surface area contributed by atoms with Gasteiger partial charge in [-0.05, 0) is 49.7 Å². The first-order valence-corrected chi connectivity index (χ1v) is 7.60. The molecule has 5 nitrogen and oxygen atoms in total. The Bertz CT molecular complexity index is 923. The molecule has 1 N–H and O–H groups in total. The van der Waals surface area contributed by atoms with Gasteiger partial charge in [-0.2, -0.15) is 0 Å². The van der Waals surface area contributed by atoms with Crippen LogP contribution in [0.5, 0.6) is 0 Å². The minimum atomic E-state index is -0.402. The normalized spacial score (nSPS) is 10.7. The topological polar surface area (TPSA) is 59.8 Å². The molecule has 24 heavy (non-hydrogen) atoms. The van der Waals surface area contributed by atoms with Gasteiger partial charge in [0, 0.05) is 10.7 Å². The number of anilines is 1. The summed E-state index contributed by atoms with van der Waals surface area (Å²) >= 11 is 6.05. The predicted molar refractivity (Wildman–Crippen MR) is 90.2 cm³/mol. The van der Waals surface area contributed by atoms with Crippen molar-refractivity contribution in [2.75, 3.05) is 5.32 Å². The SMILES string of the molecule is Cc1c(Cl)cccc1NC(=O)c1nnn(-c2cccc(F)c2)c1C. The number of halogens is 2. The van der Waals surface area contributed by atoms with Crippen molar-refractivity contribution in [3.05, 3.63) is 70.3 Å². The highest BCUT2D eigenvalue weighted by atomic mass is 35.5. The fraction of sp³-hybridized carbons (Fsp3) is 0.118. The molecule has 1 amide bonds. The summed E-state index contributed by atoms with van der Waals surface area (Å²) in [5.41, 5.74) is 2.55. The molecule has 0 saturated heterocycles. The highest BCUT2D eigenvalue weighted by molar-refractivity contribution is 6.31. The van der Waals surface area contributed by atoms with E-state index in [0.717, 1.165) is 5.56 Å². The van der Waals surface area contributed by atoms with E-state index in [1.54, 1.807) is 37.3 Å². The molecule has 1 aromatic heterocycles. The Morgan fingerprint density at radius 1 is 1.21 bits per heavy atom. The highest BCUT2D eigenvalue weighted by Crippen LogP contribution is 2.23. The van der Waals surface area contributed by atoms with Crippen LogP contribution in [0.2, 0.25) is 5.02 Å². The van der Waals surface area contributed by atoms with Crippen LogP contribution in [0.25, 0.3) is 5.69 Å². The quantitative estimate of drug-likeness (QED) is 0.783. The van der Waals surface area contributed by atoms with Crippen molar-refractivity contribution in [3.63, 3.8) is 0 Å². The number of rotatable bonds is 3. The first-order valence-electron chi connectivity index (χ1n) is 7.22. The number of amides is 1. The van der Waals surface area contributed by atoms with Crippen LogP contribution >= 0.6 is 11.6 Å². The third-order valence-corrected chi connectivity index (χ3v) is 4.09. The maximum absolute atomic E-state index is 13.4. The zero-order chi connectivity index (χ0) is 17.3. The number of nitrogens with one attached hydrogen (secondary N) is 1. The first kappa shape index (κ1) is 16.1. The number of hydrogen-bond acceptors (Lipinski definition) is 3. The highest BCUT2D eigenvalue weighted by Gasteiger charge is 2.18. The molecule has 7 heteroatoms. The van der Waals surface area contributed by atoms with E-state index in [1.165, 1.54) is 16.8 Å². The Morgan fingerprint density at radius 3 is 2.71 bits per heavy atom. The molecule has 0 fully saturated rings. The number of carbonyl (C=O) groups is 1. The molecule has 122 valence electrons. The number of hydrogen-bond donors (Lipinski definition) is 1. The molecule has 0 aliphatic rings. The van der Waals surface area contributed by atoms with Crippen molar-refractivity contribution in [3.8, 4) is 5.69 Å². The molecule has 0 atom stereocenters. The Labute approximate surface area is 143 Å². The first-order chi connectivity index (χ1) is 11.5. The van der Waals surface area contributed by atoms with E-state index in [-0.39, 0.29) is 11.5 Å². The maximum Gasteiger partial charge on any atom is 0.278 e. The van der Waals surface area contributed by atoms with Gasteiger partial charge in [0.15, 0.2) is 5.69 Å². The number of aromatic nitrogens is 3. The Hall–Kier alpha value is -2.73. The Kier molecular flexibility index (Phi) is 4.31. The second-order valence-corrected chi connectivity index (χ2v) is 5.69. The predicted octanol–water partition coefficient (Wildman–Crippen LogP) is 3.93. The lowest BCUT2D eigenvalue weighted by molar-refractivity contribution is 0.102. The van der Waals surface area contributed by atoms with Crippen LogP contribution in [0.15, 0.2) is 42.5 Å². The van der Waals surface area contributed by atoms with Crippen molar-refractivity contribution < 1.29 is 9.18 Å². The average molecular weight is 345 g/mol. The molecular weight excluding hydrogens is 331 g/mol. The second-order valence-electron chi connectivity index (χ2n) is 5.28. The lowest BCUT2D eigenvalue weighted by Crippen LogP contribution is -2.15. The summed E-state index contributed by atoms with van der Waals surface area (Å²) in [6.07, 6.45) is 0. The van der Waals surface area contributed by atoms with Gasteiger partial charge in [-0.3, -0.25) is 4.79 Å². The maximum atomic E-state index is 13.4. The number of benzene rings is 2. The van der Waals surface area contributed by atoms with Crippen LogP contribution in [0.4, 0.5) is 10.1 Å². The molecular formula is C17H14ClFN4O. The van der Waals surface area contributed by atoms with E-state index in [0.29, 0.717) is 22.1 Å². The van der Waals surface area contributed by atoms with E-state index in [4.69, 9.17) is 11.6 Å². The van der Waals surface area contributed by atoms with Crippen LogP contribution in [0, 0.1) is 19.7 Å². The molecule has 2 aromatic carbocycles. The minimum Gasteiger partial charge on any atom is -0.320 e. The molecule has 0 aliphatic heterocycles. The van der Waals surface area contributed by atoms with Crippen LogP contribution < -0.4 is 5.32 Å². The molecule has 0 bridgehead atoms. The zero-order valence-electron chi connectivity index (χ0n) is 13.0. The summed E-state index contributed by atoms with van der Waals surface area (Å²) in [6.45, 7) is 3.51. The third-order valence-electron chi connectivity index (χ3n) is 3.68. The largest absolute Gasteiger partial charge is 0.320 e. The minimum absolute atomic E-state index is 0.165. The molecule has 0 radical (unpaired) electrons. The van der Waals surface area contributed by atoms with E-state index >= 15 is 0 Å².